The Kier molecular flexibility index (Phi) is 24.7. The molecular formula is C57H91FO12. The fourth-order valence-electron chi connectivity index (χ4n) is 12.4. The zero-order valence-corrected chi connectivity index (χ0v) is 43.8. The summed E-state index contributed by atoms with van der Waals surface area (Å²) in [6.45, 7) is 8.11. The van der Waals surface area contributed by atoms with E-state index in [0.717, 1.165) is 38.5 Å². The van der Waals surface area contributed by atoms with Crippen molar-refractivity contribution in [2.75, 3.05) is 19.8 Å². The Bertz CT molecular complexity index is 1760. The molecule has 13 heteroatoms. The summed E-state index contributed by atoms with van der Waals surface area (Å²) >= 11 is 0. The largest absolute Gasteiger partial charge is 0.462 e. The van der Waals surface area contributed by atoms with Crippen LogP contribution in [0.15, 0.2) is 23.8 Å². The van der Waals surface area contributed by atoms with Gasteiger partial charge in [-0.25, -0.2) is 4.39 Å². The predicted molar refractivity (Wildman–Crippen MR) is 267 cm³/mol. The summed E-state index contributed by atoms with van der Waals surface area (Å²) in [5.41, 5.74) is -5.99. The van der Waals surface area contributed by atoms with E-state index in [-0.39, 0.29) is 38.3 Å². The number of rotatable bonds is 35. The zero-order valence-electron chi connectivity index (χ0n) is 43.8. The first kappa shape index (κ1) is 59.1. The Labute approximate surface area is 419 Å². The molecule has 0 bridgehead atoms. The van der Waals surface area contributed by atoms with E-state index in [1.54, 1.807) is 26.8 Å². The van der Waals surface area contributed by atoms with Crippen molar-refractivity contribution in [2.24, 2.45) is 28.6 Å². The van der Waals surface area contributed by atoms with E-state index in [2.05, 4.69) is 13.8 Å². The lowest BCUT2D eigenvalue weighted by Gasteiger charge is -2.62. The molecule has 398 valence electrons. The highest BCUT2D eigenvalue weighted by molar-refractivity contribution is 6.01. The van der Waals surface area contributed by atoms with Crippen LogP contribution in [0.2, 0.25) is 0 Å². The minimum atomic E-state index is -2.13. The molecule has 70 heavy (non-hydrogen) atoms. The van der Waals surface area contributed by atoms with Crippen LogP contribution >= 0.6 is 0 Å². The van der Waals surface area contributed by atoms with Crippen LogP contribution in [-0.4, -0.2) is 89.0 Å². The van der Waals surface area contributed by atoms with E-state index in [4.69, 9.17) is 18.9 Å². The average molecular weight is 987 g/mol. The van der Waals surface area contributed by atoms with Crippen LogP contribution in [0.5, 0.6) is 0 Å². The number of Topliss-reactive ketones (excluding diaryl/α,β-unsaturated/α-hetero) is 1. The van der Waals surface area contributed by atoms with Gasteiger partial charge < -0.3 is 29.2 Å². The van der Waals surface area contributed by atoms with Gasteiger partial charge in [-0.15, -0.1) is 0 Å². The van der Waals surface area contributed by atoms with E-state index in [9.17, 15) is 39.0 Å². The van der Waals surface area contributed by atoms with Crippen molar-refractivity contribution in [3.8, 4) is 0 Å². The van der Waals surface area contributed by atoms with Crippen molar-refractivity contribution in [1.29, 1.82) is 0 Å². The average Bonchev–Trinajstić information content (AvgIpc) is 3.53. The number of hydrogen-bond donors (Lipinski definition) is 2. The second kappa shape index (κ2) is 29.3. The second-order valence-corrected chi connectivity index (χ2v) is 21.8. The number of ketones is 2. The molecule has 4 rings (SSSR count). The number of esters is 4. The summed E-state index contributed by atoms with van der Waals surface area (Å²) in [6.07, 6.45) is 27.4. The third kappa shape index (κ3) is 15.8. The highest BCUT2D eigenvalue weighted by Gasteiger charge is 2.75. The molecule has 9 atom stereocenters. The van der Waals surface area contributed by atoms with Crippen molar-refractivity contribution < 1.29 is 62.3 Å². The van der Waals surface area contributed by atoms with Gasteiger partial charge in [-0.2, -0.15) is 0 Å². The maximum absolute atomic E-state index is 17.6. The maximum atomic E-state index is 17.6. The Morgan fingerprint density at radius 2 is 1.13 bits per heavy atom. The van der Waals surface area contributed by atoms with Gasteiger partial charge in [0.15, 0.2) is 24.2 Å². The smallest absolute Gasteiger partial charge is 0.306 e. The van der Waals surface area contributed by atoms with Gasteiger partial charge in [-0.05, 0) is 69.4 Å². The number of hydrogen-bond acceptors (Lipinski definition) is 12. The van der Waals surface area contributed by atoms with Crippen LogP contribution in [0.25, 0.3) is 0 Å². The Morgan fingerprint density at radius 1 is 0.671 bits per heavy atom. The molecule has 0 aromatic heterocycles. The Balaban J connectivity index is 1.22. The molecule has 0 aromatic carbocycles. The van der Waals surface area contributed by atoms with Crippen molar-refractivity contribution in [3.05, 3.63) is 23.8 Å². The monoisotopic (exact) mass is 987 g/mol. The van der Waals surface area contributed by atoms with E-state index >= 15 is 4.39 Å². The minimum Gasteiger partial charge on any atom is -0.462 e. The topological polar surface area (TPSA) is 180 Å². The summed E-state index contributed by atoms with van der Waals surface area (Å²) in [6, 6.07) is 0. The molecule has 0 aromatic rings. The molecule has 12 nitrogen and oxygen atoms in total. The third-order valence-electron chi connectivity index (χ3n) is 16.7. The first-order chi connectivity index (χ1) is 33.5. The van der Waals surface area contributed by atoms with Crippen molar-refractivity contribution in [1.82, 2.24) is 0 Å². The van der Waals surface area contributed by atoms with Crippen LogP contribution < -0.4 is 0 Å². The molecule has 3 saturated carbocycles. The number of carbonyl (C=O) groups excluding carboxylic acids is 6. The summed E-state index contributed by atoms with van der Waals surface area (Å²) < 4.78 is 39.3. The molecule has 0 amide bonds. The molecule has 3 fully saturated rings. The van der Waals surface area contributed by atoms with Crippen LogP contribution in [-0.2, 0) is 47.7 Å². The minimum absolute atomic E-state index is 0.183. The molecule has 2 N–H and O–H groups in total. The van der Waals surface area contributed by atoms with Crippen LogP contribution in [0.3, 0.4) is 0 Å². The van der Waals surface area contributed by atoms with E-state index in [1.807, 2.05) is 0 Å². The summed E-state index contributed by atoms with van der Waals surface area (Å²) in [7, 11) is 0. The highest BCUT2D eigenvalue weighted by atomic mass is 19.1. The van der Waals surface area contributed by atoms with E-state index in [1.165, 1.54) is 102 Å². The van der Waals surface area contributed by atoms with Gasteiger partial charge in [0.25, 0.3) is 0 Å². The van der Waals surface area contributed by atoms with Gasteiger partial charge in [-0.1, -0.05) is 168 Å². The molecule has 1 unspecified atom stereocenters. The standard InChI is InChI=1S/C57H91FO12/c1-6-8-10-12-14-16-18-20-22-24-26-28-50(62)67-39-45(70-53(65)29-27-25-23-21-19-17-15-13-11-9-7-2)40-68-51(63)32-33-52(64)69-41-49(61)57(66)42(3)36-47-46-31-30-43-37-44(59)34-35-54(43,4)56(46,58)48(60)38-55(47,57)5/h34-35,37,42,45-48,60,66H,6-33,36,38-41H2,1-5H3/t42-,45?,46+,47+,48+,54+,55+,56+,57+/m1/s1. The number of allylic oxidation sites excluding steroid dienone is 4. The number of unbranched alkanes of at least 4 members (excludes halogenated alkanes) is 20. The second-order valence-electron chi connectivity index (χ2n) is 21.8. The van der Waals surface area contributed by atoms with Gasteiger partial charge in [0.1, 0.15) is 18.8 Å². The van der Waals surface area contributed by atoms with Crippen LogP contribution in [0.4, 0.5) is 4.39 Å². The number of alkyl halides is 1. The van der Waals surface area contributed by atoms with Gasteiger partial charge in [0, 0.05) is 29.6 Å². The molecule has 4 aliphatic carbocycles. The molecule has 0 saturated heterocycles. The molecular weight excluding hydrogens is 896 g/mol. The Hall–Kier alpha value is -3.45. The summed E-state index contributed by atoms with van der Waals surface area (Å²) in [4.78, 5) is 77.4. The Morgan fingerprint density at radius 3 is 1.64 bits per heavy atom. The van der Waals surface area contributed by atoms with E-state index in [0.29, 0.717) is 37.7 Å². The number of ether oxygens (including phenoxy) is 4. The molecule has 0 radical (unpaired) electrons. The third-order valence-corrected chi connectivity index (χ3v) is 16.7. The van der Waals surface area contributed by atoms with Crippen LogP contribution in [0.1, 0.15) is 227 Å². The number of halogens is 1. The van der Waals surface area contributed by atoms with Gasteiger partial charge in [0.05, 0.1) is 18.9 Å². The highest BCUT2D eigenvalue weighted by Crippen LogP contribution is 2.70. The molecule has 0 heterocycles. The quantitative estimate of drug-likeness (QED) is 0.0349. The van der Waals surface area contributed by atoms with E-state index < -0.39 is 101 Å². The first-order valence-electron chi connectivity index (χ1n) is 27.7. The number of fused-ring (bicyclic) bond motifs is 5. The summed E-state index contributed by atoms with van der Waals surface area (Å²) in [5, 5.41) is 23.9. The number of carbonyl (C=O) groups is 6. The van der Waals surface area contributed by atoms with Gasteiger partial charge in [0.2, 0.25) is 5.78 Å². The van der Waals surface area contributed by atoms with Gasteiger partial charge in [-0.3, -0.25) is 28.8 Å². The first-order valence-corrected chi connectivity index (χ1v) is 27.7. The van der Waals surface area contributed by atoms with Gasteiger partial charge >= 0.3 is 23.9 Å². The number of aliphatic hydroxyl groups is 2. The zero-order chi connectivity index (χ0) is 51.2. The SMILES string of the molecule is CCCCCCCCCCCCCC(=O)OCC(COC(=O)CCC(=O)OCC(=O)[C@@]1(O)[C@H](C)C[C@H]2[C@@H]3CCC4=CC(=O)C=C[C@]4(C)[C@@]3(F)[C@@H](O)C[C@@]21C)OC(=O)CCCCCCCCCCCCC. The lowest BCUT2D eigenvalue weighted by Crippen LogP contribution is -2.69. The number of aliphatic hydroxyl groups excluding tert-OH is 1. The van der Waals surface area contributed by atoms with Crippen molar-refractivity contribution >= 4 is 35.4 Å². The normalized spacial score (nSPS) is 28.2. The summed E-state index contributed by atoms with van der Waals surface area (Å²) in [5.74, 6) is -5.38. The lowest BCUT2D eigenvalue weighted by atomic mass is 9.44. The van der Waals surface area contributed by atoms with Crippen molar-refractivity contribution in [2.45, 2.75) is 251 Å². The van der Waals surface area contributed by atoms with Crippen molar-refractivity contribution in [3.63, 3.8) is 0 Å². The molecule has 4 aliphatic rings. The fraction of sp³-hybridized carbons (Fsp3) is 0.825. The fourth-order valence-corrected chi connectivity index (χ4v) is 12.4. The lowest BCUT2D eigenvalue weighted by molar-refractivity contribution is -0.220. The van der Waals surface area contributed by atoms with Crippen LogP contribution in [0, 0.1) is 28.6 Å². The maximum Gasteiger partial charge on any atom is 0.306 e. The molecule has 0 spiro atoms. The molecule has 0 aliphatic heterocycles. The predicted octanol–water partition coefficient (Wildman–Crippen LogP) is 11.6.